The molecule has 11 heavy (non-hydrogen) atoms. The average molecular weight is 160 g/mol. The van der Waals surface area contributed by atoms with Gasteiger partial charge in [-0.05, 0) is 12.8 Å². The first-order valence-electron chi connectivity index (χ1n) is 3.56. The van der Waals surface area contributed by atoms with Gasteiger partial charge in [0.25, 0.3) is 0 Å². The standard InChI is InChI=1S/C6H12N2O3/c7-4-2-1-3-8(5(4)9)6(10)11/h4-5,9H,1-3,7H2,(H,10,11). The Morgan fingerprint density at radius 2 is 2.27 bits per heavy atom. The van der Waals surface area contributed by atoms with Crippen molar-refractivity contribution in [1.82, 2.24) is 4.90 Å². The van der Waals surface area contributed by atoms with Crippen molar-refractivity contribution in [2.45, 2.75) is 25.1 Å². The zero-order chi connectivity index (χ0) is 8.43. The van der Waals surface area contributed by atoms with Crippen molar-refractivity contribution in [3.05, 3.63) is 0 Å². The molecule has 2 atom stereocenters. The fourth-order valence-corrected chi connectivity index (χ4v) is 1.22. The Balaban J connectivity index is 2.58. The first kappa shape index (κ1) is 8.29. The molecule has 1 aliphatic heterocycles. The van der Waals surface area contributed by atoms with Crippen LogP contribution in [-0.2, 0) is 0 Å². The minimum Gasteiger partial charge on any atom is -0.465 e. The summed E-state index contributed by atoms with van der Waals surface area (Å²) in [5, 5.41) is 17.8. The van der Waals surface area contributed by atoms with E-state index in [0.717, 1.165) is 11.3 Å². The van der Waals surface area contributed by atoms with Crippen LogP contribution in [0.5, 0.6) is 0 Å². The third kappa shape index (κ3) is 1.61. The topological polar surface area (TPSA) is 86.8 Å². The first-order valence-corrected chi connectivity index (χ1v) is 3.56. The van der Waals surface area contributed by atoms with Gasteiger partial charge in [0.2, 0.25) is 0 Å². The first-order chi connectivity index (χ1) is 5.13. The summed E-state index contributed by atoms with van der Waals surface area (Å²) >= 11 is 0. The van der Waals surface area contributed by atoms with Gasteiger partial charge in [-0.15, -0.1) is 0 Å². The molecule has 5 nitrogen and oxygen atoms in total. The maximum Gasteiger partial charge on any atom is 0.409 e. The Morgan fingerprint density at radius 3 is 2.73 bits per heavy atom. The zero-order valence-corrected chi connectivity index (χ0v) is 6.10. The lowest BCUT2D eigenvalue weighted by Gasteiger charge is -2.33. The van der Waals surface area contributed by atoms with Gasteiger partial charge in [0.15, 0.2) is 0 Å². The van der Waals surface area contributed by atoms with Gasteiger partial charge in [0.1, 0.15) is 6.23 Å². The summed E-state index contributed by atoms with van der Waals surface area (Å²) in [6.45, 7) is 0.379. The summed E-state index contributed by atoms with van der Waals surface area (Å²) in [4.78, 5) is 11.4. The van der Waals surface area contributed by atoms with Crippen molar-refractivity contribution < 1.29 is 15.0 Å². The number of hydrogen-bond donors (Lipinski definition) is 3. The lowest BCUT2D eigenvalue weighted by Crippen LogP contribution is -2.53. The van der Waals surface area contributed by atoms with E-state index in [1.165, 1.54) is 0 Å². The molecule has 1 rings (SSSR count). The van der Waals surface area contributed by atoms with Crippen molar-refractivity contribution >= 4 is 6.09 Å². The highest BCUT2D eigenvalue weighted by Gasteiger charge is 2.29. The van der Waals surface area contributed by atoms with E-state index >= 15 is 0 Å². The molecule has 0 saturated carbocycles. The van der Waals surface area contributed by atoms with E-state index in [4.69, 9.17) is 10.8 Å². The van der Waals surface area contributed by atoms with Crippen molar-refractivity contribution in [2.24, 2.45) is 5.73 Å². The fraction of sp³-hybridized carbons (Fsp3) is 0.833. The van der Waals surface area contributed by atoms with Crippen molar-refractivity contribution in [3.8, 4) is 0 Å². The number of carbonyl (C=O) groups is 1. The largest absolute Gasteiger partial charge is 0.465 e. The second-order valence-corrected chi connectivity index (χ2v) is 2.70. The smallest absolute Gasteiger partial charge is 0.409 e. The number of piperidine rings is 1. The van der Waals surface area contributed by atoms with Crippen LogP contribution in [0.4, 0.5) is 4.79 Å². The van der Waals surface area contributed by atoms with Gasteiger partial charge < -0.3 is 15.9 Å². The number of aliphatic hydroxyl groups excluding tert-OH is 1. The number of amides is 1. The maximum absolute atomic E-state index is 10.4. The van der Waals surface area contributed by atoms with Crippen molar-refractivity contribution in [2.75, 3.05) is 6.54 Å². The van der Waals surface area contributed by atoms with Crippen molar-refractivity contribution in [1.29, 1.82) is 0 Å². The molecule has 1 amide bonds. The fourth-order valence-electron chi connectivity index (χ4n) is 1.22. The quantitative estimate of drug-likeness (QED) is 0.442. The van der Waals surface area contributed by atoms with Crippen LogP contribution in [0.25, 0.3) is 0 Å². The van der Waals surface area contributed by atoms with Gasteiger partial charge in [-0.3, -0.25) is 4.90 Å². The predicted molar refractivity (Wildman–Crippen MR) is 37.9 cm³/mol. The summed E-state index contributed by atoms with van der Waals surface area (Å²) in [6, 6.07) is -0.431. The van der Waals surface area contributed by atoms with Gasteiger partial charge in [-0.2, -0.15) is 0 Å². The van der Waals surface area contributed by atoms with Gasteiger partial charge >= 0.3 is 6.09 Å². The van der Waals surface area contributed by atoms with E-state index in [1.54, 1.807) is 0 Å². The highest BCUT2D eigenvalue weighted by Crippen LogP contribution is 2.13. The van der Waals surface area contributed by atoms with Crippen LogP contribution in [0, 0.1) is 0 Å². The number of hydrogen-bond acceptors (Lipinski definition) is 3. The molecule has 0 aliphatic carbocycles. The molecular weight excluding hydrogens is 148 g/mol. The molecule has 0 bridgehead atoms. The Hall–Kier alpha value is -0.810. The molecular formula is C6H12N2O3. The molecule has 0 aromatic rings. The number of likely N-dealkylation sites (tertiary alicyclic amines) is 1. The van der Waals surface area contributed by atoms with E-state index < -0.39 is 18.4 Å². The van der Waals surface area contributed by atoms with Gasteiger partial charge in [0.05, 0.1) is 0 Å². The van der Waals surface area contributed by atoms with E-state index in [9.17, 15) is 9.90 Å². The second-order valence-electron chi connectivity index (χ2n) is 2.70. The van der Waals surface area contributed by atoms with Crippen LogP contribution < -0.4 is 5.73 Å². The number of nitrogens with two attached hydrogens (primary N) is 1. The highest BCUT2D eigenvalue weighted by molar-refractivity contribution is 5.65. The maximum atomic E-state index is 10.4. The van der Waals surface area contributed by atoms with Gasteiger partial charge in [-0.25, -0.2) is 4.79 Å². The van der Waals surface area contributed by atoms with Crippen LogP contribution in [0.3, 0.4) is 0 Å². The predicted octanol–water partition coefficient (Wildman–Crippen LogP) is -0.594. The van der Waals surface area contributed by atoms with Crippen LogP contribution in [-0.4, -0.2) is 40.0 Å². The third-order valence-electron chi connectivity index (χ3n) is 1.88. The second kappa shape index (κ2) is 3.06. The Bertz CT molecular complexity index is 162. The molecule has 0 spiro atoms. The molecule has 1 heterocycles. The summed E-state index contributed by atoms with van der Waals surface area (Å²) in [5.41, 5.74) is 5.45. The Morgan fingerprint density at radius 1 is 1.64 bits per heavy atom. The summed E-state index contributed by atoms with van der Waals surface area (Å²) < 4.78 is 0. The zero-order valence-electron chi connectivity index (χ0n) is 6.10. The Labute approximate surface area is 64.4 Å². The number of rotatable bonds is 0. The molecule has 2 unspecified atom stereocenters. The highest BCUT2D eigenvalue weighted by atomic mass is 16.4. The molecule has 1 saturated heterocycles. The molecule has 1 aliphatic rings. The number of aliphatic hydroxyl groups is 1. The van der Waals surface area contributed by atoms with Crippen LogP contribution in [0.15, 0.2) is 0 Å². The monoisotopic (exact) mass is 160 g/mol. The molecule has 4 N–H and O–H groups in total. The lowest BCUT2D eigenvalue weighted by molar-refractivity contribution is -0.0246. The number of carboxylic acid groups (broad SMARTS) is 1. The van der Waals surface area contributed by atoms with Crippen LogP contribution >= 0.6 is 0 Å². The molecule has 64 valence electrons. The normalized spacial score (nSPS) is 32.0. The molecule has 5 heteroatoms. The Kier molecular flexibility index (Phi) is 2.31. The third-order valence-corrected chi connectivity index (χ3v) is 1.88. The molecule has 0 radical (unpaired) electrons. The number of nitrogens with zero attached hydrogens (tertiary/aromatic N) is 1. The van der Waals surface area contributed by atoms with Crippen LogP contribution in [0.2, 0.25) is 0 Å². The lowest BCUT2D eigenvalue weighted by atomic mass is 10.1. The summed E-state index contributed by atoms with van der Waals surface area (Å²) in [6.07, 6.45) is -0.718. The van der Waals surface area contributed by atoms with Gasteiger partial charge in [0, 0.05) is 12.6 Å². The van der Waals surface area contributed by atoms with Crippen LogP contribution in [0.1, 0.15) is 12.8 Å². The van der Waals surface area contributed by atoms with E-state index in [2.05, 4.69) is 0 Å². The van der Waals surface area contributed by atoms with Crippen molar-refractivity contribution in [3.63, 3.8) is 0 Å². The van der Waals surface area contributed by atoms with E-state index in [0.29, 0.717) is 13.0 Å². The molecule has 0 aromatic heterocycles. The van der Waals surface area contributed by atoms with E-state index in [1.807, 2.05) is 0 Å². The minimum atomic E-state index is -1.10. The average Bonchev–Trinajstić information content (AvgIpc) is 1.94. The summed E-state index contributed by atoms with van der Waals surface area (Å²) in [5.74, 6) is 0. The van der Waals surface area contributed by atoms with Gasteiger partial charge in [-0.1, -0.05) is 0 Å². The molecule has 0 aromatic carbocycles. The molecule has 1 fully saturated rings. The SMILES string of the molecule is NC1CCCN(C(=O)O)C1O. The van der Waals surface area contributed by atoms with E-state index in [-0.39, 0.29) is 0 Å². The minimum absolute atomic E-state index is 0.379. The summed E-state index contributed by atoms with van der Waals surface area (Å²) in [7, 11) is 0.